The maximum Gasteiger partial charge on any atom is 0.260 e. The summed E-state index contributed by atoms with van der Waals surface area (Å²) in [6.07, 6.45) is 1.60. The fraction of sp³-hybridized carbons (Fsp3) is 0.333. The van der Waals surface area contributed by atoms with Crippen LogP contribution < -0.4 is 10.1 Å². The molecule has 0 heterocycles. The molecule has 0 saturated heterocycles. The first-order valence-corrected chi connectivity index (χ1v) is 8.76. The van der Waals surface area contributed by atoms with Crippen LogP contribution >= 0.6 is 0 Å². The number of carbonyl (C=O) groups excluding carboxylic acids is 1. The van der Waals surface area contributed by atoms with Gasteiger partial charge in [-0.05, 0) is 41.7 Å². The van der Waals surface area contributed by atoms with Crippen molar-refractivity contribution < 1.29 is 14.4 Å². The maximum atomic E-state index is 11.7. The van der Waals surface area contributed by atoms with E-state index >= 15 is 0 Å². The van der Waals surface area contributed by atoms with Crippen molar-refractivity contribution in [2.45, 2.75) is 26.7 Å². The number of oxime groups is 1. The fourth-order valence-corrected chi connectivity index (χ4v) is 2.28. The SMILES string of the molecule is Cc1cccc(OCCNC(=O)CO/N=C\c2ccc(C(C)C)cc2)c1. The summed E-state index contributed by atoms with van der Waals surface area (Å²) in [5.74, 6) is 1.06. The lowest BCUT2D eigenvalue weighted by atomic mass is 10.0. The molecule has 5 nitrogen and oxygen atoms in total. The molecule has 0 spiro atoms. The van der Waals surface area contributed by atoms with Crippen molar-refractivity contribution in [2.24, 2.45) is 5.16 Å². The molecule has 0 saturated carbocycles. The molecule has 138 valence electrons. The number of nitrogens with one attached hydrogen (secondary N) is 1. The second-order valence-corrected chi connectivity index (χ2v) is 6.34. The summed E-state index contributed by atoms with van der Waals surface area (Å²) in [5, 5.41) is 6.55. The summed E-state index contributed by atoms with van der Waals surface area (Å²) in [5.41, 5.74) is 3.34. The van der Waals surface area contributed by atoms with Crippen LogP contribution in [0.4, 0.5) is 0 Å². The minimum Gasteiger partial charge on any atom is -0.492 e. The standard InChI is InChI=1S/C21H26N2O3/c1-16(2)19-9-7-18(8-10-19)14-23-26-15-21(24)22-11-12-25-20-6-4-5-17(3)13-20/h4-10,13-14,16H,11-12,15H2,1-3H3,(H,22,24)/b23-14-. The number of rotatable bonds is 9. The Morgan fingerprint density at radius 2 is 1.96 bits per heavy atom. The van der Waals surface area contributed by atoms with Crippen LogP contribution in [0, 0.1) is 6.92 Å². The Morgan fingerprint density at radius 3 is 2.65 bits per heavy atom. The fourth-order valence-electron chi connectivity index (χ4n) is 2.28. The van der Waals surface area contributed by atoms with Crippen molar-refractivity contribution in [1.82, 2.24) is 5.32 Å². The highest BCUT2D eigenvalue weighted by Gasteiger charge is 2.01. The van der Waals surface area contributed by atoms with Gasteiger partial charge in [0, 0.05) is 0 Å². The quantitative estimate of drug-likeness (QED) is 0.425. The number of nitrogens with zero attached hydrogens (tertiary/aromatic N) is 1. The van der Waals surface area contributed by atoms with E-state index in [2.05, 4.69) is 36.5 Å². The van der Waals surface area contributed by atoms with Crippen LogP contribution in [0.2, 0.25) is 0 Å². The molecule has 0 aliphatic heterocycles. The first-order chi connectivity index (χ1) is 12.5. The van der Waals surface area contributed by atoms with E-state index in [-0.39, 0.29) is 12.5 Å². The number of aryl methyl sites for hydroxylation is 1. The van der Waals surface area contributed by atoms with Gasteiger partial charge in [-0.15, -0.1) is 0 Å². The lowest BCUT2D eigenvalue weighted by Crippen LogP contribution is -2.30. The molecule has 2 aromatic carbocycles. The highest BCUT2D eigenvalue weighted by atomic mass is 16.6. The molecule has 0 bridgehead atoms. The van der Waals surface area contributed by atoms with Gasteiger partial charge < -0.3 is 14.9 Å². The lowest BCUT2D eigenvalue weighted by molar-refractivity contribution is -0.125. The van der Waals surface area contributed by atoms with Gasteiger partial charge >= 0.3 is 0 Å². The van der Waals surface area contributed by atoms with Gasteiger partial charge in [-0.2, -0.15) is 0 Å². The average Bonchev–Trinajstić information content (AvgIpc) is 2.63. The number of carbonyl (C=O) groups is 1. The van der Waals surface area contributed by atoms with E-state index < -0.39 is 0 Å². The van der Waals surface area contributed by atoms with Gasteiger partial charge in [-0.3, -0.25) is 4.79 Å². The number of ether oxygens (including phenoxy) is 1. The number of amides is 1. The van der Waals surface area contributed by atoms with E-state index in [1.807, 2.05) is 43.3 Å². The van der Waals surface area contributed by atoms with Crippen LogP contribution in [-0.2, 0) is 9.63 Å². The zero-order chi connectivity index (χ0) is 18.8. The van der Waals surface area contributed by atoms with Crippen LogP contribution in [0.1, 0.15) is 36.5 Å². The molecule has 2 rings (SSSR count). The van der Waals surface area contributed by atoms with Crippen molar-refractivity contribution in [2.75, 3.05) is 19.8 Å². The third kappa shape index (κ3) is 6.97. The molecule has 26 heavy (non-hydrogen) atoms. The highest BCUT2D eigenvalue weighted by Crippen LogP contribution is 2.14. The molecule has 0 radical (unpaired) electrons. The molecule has 1 N–H and O–H groups in total. The Hall–Kier alpha value is -2.82. The molecule has 1 amide bonds. The van der Waals surface area contributed by atoms with Crippen molar-refractivity contribution in [3.05, 3.63) is 65.2 Å². The molecular weight excluding hydrogens is 328 g/mol. The van der Waals surface area contributed by atoms with Gasteiger partial charge in [-0.1, -0.05) is 55.4 Å². The van der Waals surface area contributed by atoms with E-state index in [0.717, 1.165) is 16.9 Å². The topological polar surface area (TPSA) is 59.9 Å². The molecule has 2 aromatic rings. The van der Waals surface area contributed by atoms with E-state index in [1.165, 1.54) is 5.56 Å². The summed E-state index contributed by atoms with van der Waals surface area (Å²) in [4.78, 5) is 16.7. The van der Waals surface area contributed by atoms with Crippen molar-refractivity contribution >= 4 is 12.1 Å². The number of hydrogen-bond acceptors (Lipinski definition) is 4. The summed E-state index contributed by atoms with van der Waals surface area (Å²) in [6, 6.07) is 15.9. The molecule has 0 fully saturated rings. The van der Waals surface area contributed by atoms with Crippen LogP contribution in [0.3, 0.4) is 0 Å². The second-order valence-electron chi connectivity index (χ2n) is 6.34. The molecule has 0 aromatic heterocycles. The first-order valence-electron chi connectivity index (χ1n) is 8.76. The van der Waals surface area contributed by atoms with E-state index in [0.29, 0.717) is 19.1 Å². The predicted molar refractivity (Wildman–Crippen MR) is 104 cm³/mol. The number of hydrogen-bond donors (Lipinski definition) is 1. The Bertz CT molecular complexity index is 724. The minimum atomic E-state index is -0.231. The third-order valence-electron chi connectivity index (χ3n) is 3.76. The van der Waals surface area contributed by atoms with Gasteiger partial charge in [0.15, 0.2) is 6.61 Å². The van der Waals surface area contributed by atoms with Gasteiger partial charge in [0.25, 0.3) is 5.91 Å². The van der Waals surface area contributed by atoms with Gasteiger partial charge in [0.2, 0.25) is 0 Å². The highest BCUT2D eigenvalue weighted by molar-refractivity contribution is 5.79. The maximum absolute atomic E-state index is 11.7. The molecule has 5 heteroatoms. The van der Waals surface area contributed by atoms with Crippen LogP contribution in [0.25, 0.3) is 0 Å². The largest absolute Gasteiger partial charge is 0.492 e. The van der Waals surface area contributed by atoms with E-state index in [4.69, 9.17) is 9.57 Å². The third-order valence-corrected chi connectivity index (χ3v) is 3.76. The Morgan fingerprint density at radius 1 is 1.19 bits per heavy atom. The molecule has 0 unspecified atom stereocenters. The van der Waals surface area contributed by atoms with E-state index in [9.17, 15) is 4.79 Å². The van der Waals surface area contributed by atoms with Gasteiger partial charge in [-0.25, -0.2) is 0 Å². The Kier molecular flexibility index (Phi) is 7.68. The van der Waals surface area contributed by atoms with Gasteiger partial charge in [0.05, 0.1) is 12.8 Å². The summed E-state index contributed by atoms with van der Waals surface area (Å²) < 4.78 is 5.56. The molecule has 0 aliphatic rings. The van der Waals surface area contributed by atoms with Crippen molar-refractivity contribution in [1.29, 1.82) is 0 Å². The normalized spacial score (nSPS) is 10.9. The summed E-state index contributed by atoms with van der Waals surface area (Å²) >= 11 is 0. The smallest absolute Gasteiger partial charge is 0.260 e. The summed E-state index contributed by atoms with van der Waals surface area (Å²) in [7, 11) is 0. The summed E-state index contributed by atoms with van der Waals surface area (Å²) in [6.45, 7) is 7.00. The average molecular weight is 354 g/mol. The van der Waals surface area contributed by atoms with Gasteiger partial charge in [0.1, 0.15) is 12.4 Å². The predicted octanol–water partition coefficient (Wildman–Crippen LogP) is 3.66. The Labute approximate surface area is 155 Å². The van der Waals surface area contributed by atoms with Crippen molar-refractivity contribution in [3.8, 4) is 5.75 Å². The number of benzene rings is 2. The van der Waals surface area contributed by atoms with E-state index in [1.54, 1.807) is 6.21 Å². The zero-order valence-electron chi connectivity index (χ0n) is 15.6. The monoisotopic (exact) mass is 354 g/mol. The Balaban J connectivity index is 1.61. The second kappa shape index (κ2) is 10.2. The van der Waals surface area contributed by atoms with Crippen LogP contribution in [-0.4, -0.2) is 31.9 Å². The zero-order valence-corrected chi connectivity index (χ0v) is 15.6. The molecular formula is C21H26N2O3. The first kappa shape index (κ1) is 19.5. The van der Waals surface area contributed by atoms with Crippen molar-refractivity contribution in [3.63, 3.8) is 0 Å². The molecule has 0 atom stereocenters. The lowest BCUT2D eigenvalue weighted by Gasteiger charge is -2.08. The van der Waals surface area contributed by atoms with Crippen LogP contribution in [0.5, 0.6) is 5.75 Å². The molecule has 0 aliphatic carbocycles. The van der Waals surface area contributed by atoms with Crippen LogP contribution in [0.15, 0.2) is 53.7 Å². The minimum absolute atomic E-state index is 0.120.